The summed E-state index contributed by atoms with van der Waals surface area (Å²) in [5, 5.41) is -0.111. The third-order valence-corrected chi connectivity index (χ3v) is 4.80. The average Bonchev–Trinajstić information content (AvgIpc) is 2.68. The molecule has 0 saturated carbocycles. The summed E-state index contributed by atoms with van der Waals surface area (Å²) in [6.07, 6.45) is 0. The SMILES string of the molecule is C=C(C)C(=O)OC(C)(C)C.CC(=O)S.CC(=O)SCC(C)C(=O)OC(C)(C)C.CC(CS)C(=O)OC(C)(C)C. The van der Waals surface area contributed by atoms with Crippen LogP contribution >= 0.6 is 37.0 Å². The molecule has 2 unspecified atom stereocenters. The van der Waals surface area contributed by atoms with Crippen molar-refractivity contribution >= 4 is 65.2 Å². The topological polar surface area (TPSA) is 113 Å². The van der Waals surface area contributed by atoms with Crippen LogP contribution in [0.5, 0.6) is 0 Å². The van der Waals surface area contributed by atoms with Crippen molar-refractivity contribution in [3.8, 4) is 0 Å². The second-order valence-corrected chi connectivity index (χ2v) is 13.8. The van der Waals surface area contributed by atoms with Gasteiger partial charge in [-0.25, -0.2) is 4.79 Å². The van der Waals surface area contributed by atoms with E-state index in [4.69, 9.17) is 14.2 Å². The summed E-state index contributed by atoms with van der Waals surface area (Å²) in [4.78, 5) is 53.4. The predicted octanol–water partition coefficient (Wildman–Crippen LogP) is 6.50. The molecule has 0 aliphatic heterocycles. The largest absolute Gasteiger partial charge is 0.460 e. The van der Waals surface area contributed by atoms with Crippen molar-refractivity contribution in [3.05, 3.63) is 12.2 Å². The zero-order valence-corrected chi connectivity index (χ0v) is 29.0. The number of carbonyl (C=O) groups is 5. The fraction of sp³-hybridized carbons (Fsp3) is 0.750. The highest BCUT2D eigenvalue weighted by Crippen LogP contribution is 2.15. The molecule has 0 saturated heterocycles. The Morgan fingerprint density at radius 1 is 0.718 bits per heavy atom. The Morgan fingerprint density at radius 3 is 1.23 bits per heavy atom. The smallest absolute Gasteiger partial charge is 0.333 e. The maximum absolute atomic E-state index is 11.4. The van der Waals surface area contributed by atoms with Gasteiger partial charge in [-0.05, 0) is 69.2 Å². The molecule has 0 amide bonds. The Bertz CT molecular complexity index is 784. The Hall–Kier alpha value is -1.46. The molecule has 0 heterocycles. The van der Waals surface area contributed by atoms with E-state index in [2.05, 4.69) is 31.8 Å². The van der Waals surface area contributed by atoms with Gasteiger partial charge in [0, 0.05) is 30.9 Å². The first-order chi connectivity index (χ1) is 17.1. The van der Waals surface area contributed by atoms with Gasteiger partial charge in [-0.1, -0.05) is 32.2 Å². The van der Waals surface area contributed by atoms with Crippen molar-refractivity contribution in [1.82, 2.24) is 0 Å². The molecule has 0 aromatic heterocycles. The summed E-state index contributed by atoms with van der Waals surface area (Å²) < 4.78 is 15.2. The van der Waals surface area contributed by atoms with Gasteiger partial charge in [0.05, 0.1) is 11.8 Å². The van der Waals surface area contributed by atoms with Crippen molar-refractivity contribution < 1.29 is 38.2 Å². The van der Waals surface area contributed by atoms with E-state index in [1.54, 1.807) is 20.8 Å². The lowest BCUT2D eigenvalue weighted by molar-refractivity contribution is -0.159. The van der Waals surface area contributed by atoms with E-state index < -0.39 is 11.2 Å². The average molecular weight is 613 g/mol. The van der Waals surface area contributed by atoms with Crippen LogP contribution in [0.4, 0.5) is 0 Å². The summed E-state index contributed by atoms with van der Waals surface area (Å²) in [7, 11) is 0. The van der Waals surface area contributed by atoms with Gasteiger partial charge in [0.2, 0.25) is 0 Å². The predicted molar refractivity (Wildman–Crippen MR) is 167 cm³/mol. The Labute approximate surface area is 252 Å². The highest BCUT2D eigenvalue weighted by atomic mass is 32.2. The molecule has 0 aromatic rings. The first kappa shape index (κ1) is 44.6. The molecule has 39 heavy (non-hydrogen) atoms. The number of hydrogen-bond donors (Lipinski definition) is 2. The molecule has 0 spiro atoms. The van der Waals surface area contributed by atoms with Crippen molar-refractivity contribution in [3.63, 3.8) is 0 Å². The van der Waals surface area contributed by atoms with E-state index in [1.807, 2.05) is 62.3 Å². The van der Waals surface area contributed by atoms with E-state index >= 15 is 0 Å². The lowest BCUT2D eigenvalue weighted by Gasteiger charge is -2.21. The van der Waals surface area contributed by atoms with Crippen LogP contribution in [-0.4, -0.2) is 56.4 Å². The molecule has 0 rings (SSSR count). The van der Waals surface area contributed by atoms with Crippen LogP contribution in [0.25, 0.3) is 0 Å². The van der Waals surface area contributed by atoms with Crippen LogP contribution in [0.2, 0.25) is 0 Å². The fourth-order valence-corrected chi connectivity index (χ4v) is 2.32. The summed E-state index contributed by atoms with van der Waals surface area (Å²) in [6.45, 7) is 28.1. The second-order valence-electron chi connectivity index (χ2n) is 11.7. The first-order valence-corrected chi connectivity index (χ1v) is 14.5. The standard InChI is InChI=1S/C10H18O3S.C8H16O2S.C8H14O2.C2H4OS/c1-7(6-14-8(2)11)9(12)13-10(3,4)5;1-6(5-11)7(9)10-8(2,3)4;1-6(2)7(9)10-8(3,4)5;1-2(3)4/h7H,6H2,1-5H3;6,11H,5H2,1-4H3;1H2,2-5H3;1H3,(H,3,4). The molecule has 8 nitrogen and oxygen atoms in total. The summed E-state index contributed by atoms with van der Waals surface area (Å²) in [6, 6.07) is 0. The summed E-state index contributed by atoms with van der Waals surface area (Å²) in [5.41, 5.74) is -0.800. The zero-order valence-electron chi connectivity index (χ0n) is 26.3. The van der Waals surface area contributed by atoms with Gasteiger partial charge in [-0.3, -0.25) is 19.2 Å². The Morgan fingerprint density at radius 2 is 1.03 bits per heavy atom. The maximum atomic E-state index is 11.4. The van der Waals surface area contributed by atoms with E-state index in [-0.39, 0.29) is 45.6 Å². The highest BCUT2D eigenvalue weighted by Gasteiger charge is 2.22. The molecule has 0 radical (unpaired) electrons. The summed E-state index contributed by atoms with van der Waals surface area (Å²) in [5.74, 6) is -0.0639. The van der Waals surface area contributed by atoms with Gasteiger partial charge in [0.25, 0.3) is 0 Å². The molecule has 11 heteroatoms. The molecular formula is C28H52O8S3. The highest BCUT2D eigenvalue weighted by molar-refractivity contribution is 8.13. The minimum atomic E-state index is -0.452. The van der Waals surface area contributed by atoms with Crippen LogP contribution in [0.3, 0.4) is 0 Å². The van der Waals surface area contributed by atoms with Crippen molar-refractivity contribution in [2.24, 2.45) is 11.8 Å². The van der Waals surface area contributed by atoms with E-state index in [0.29, 0.717) is 17.1 Å². The van der Waals surface area contributed by atoms with Crippen molar-refractivity contribution in [2.45, 2.75) is 114 Å². The second kappa shape index (κ2) is 21.3. The van der Waals surface area contributed by atoms with E-state index in [9.17, 15) is 24.0 Å². The van der Waals surface area contributed by atoms with Gasteiger partial charge in [-0.2, -0.15) is 12.6 Å². The van der Waals surface area contributed by atoms with Crippen LogP contribution in [0, 0.1) is 11.8 Å². The molecule has 230 valence electrons. The number of thiol groups is 2. The van der Waals surface area contributed by atoms with Crippen LogP contribution in [0.15, 0.2) is 12.2 Å². The molecule has 2 atom stereocenters. The van der Waals surface area contributed by atoms with Crippen molar-refractivity contribution in [2.75, 3.05) is 11.5 Å². The minimum Gasteiger partial charge on any atom is -0.460 e. The van der Waals surface area contributed by atoms with Crippen LogP contribution < -0.4 is 0 Å². The molecule has 0 aliphatic carbocycles. The summed E-state index contributed by atoms with van der Waals surface area (Å²) >= 11 is 8.48. The fourth-order valence-electron chi connectivity index (χ4n) is 1.55. The van der Waals surface area contributed by atoms with E-state index in [0.717, 1.165) is 11.8 Å². The monoisotopic (exact) mass is 612 g/mol. The number of esters is 3. The lowest BCUT2D eigenvalue weighted by Crippen LogP contribution is -2.28. The number of hydrogen-bond acceptors (Lipinski definition) is 10. The third kappa shape index (κ3) is 41.2. The number of ether oxygens (including phenoxy) is 3. The lowest BCUT2D eigenvalue weighted by atomic mass is 10.1. The molecule has 0 aromatic carbocycles. The normalized spacial score (nSPS) is 12.3. The van der Waals surface area contributed by atoms with E-state index in [1.165, 1.54) is 13.8 Å². The maximum Gasteiger partial charge on any atom is 0.333 e. The Kier molecular flexibility index (Phi) is 24.3. The molecule has 0 bridgehead atoms. The van der Waals surface area contributed by atoms with Crippen LogP contribution in [0.1, 0.15) is 96.9 Å². The molecule has 0 fully saturated rings. The van der Waals surface area contributed by atoms with Gasteiger partial charge >= 0.3 is 17.9 Å². The molecule has 0 aliphatic rings. The molecular weight excluding hydrogens is 561 g/mol. The first-order valence-electron chi connectivity index (χ1n) is 12.4. The number of rotatable bonds is 6. The number of carbonyl (C=O) groups excluding carboxylic acids is 5. The van der Waals surface area contributed by atoms with Gasteiger partial charge in [0.15, 0.2) is 10.2 Å². The van der Waals surface area contributed by atoms with Gasteiger partial charge < -0.3 is 14.2 Å². The molecule has 0 N–H and O–H groups in total. The van der Waals surface area contributed by atoms with Gasteiger partial charge in [-0.15, -0.1) is 12.6 Å². The quantitative estimate of drug-likeness (QED) is 0.150. The Balaban J connectivity index is -0.000000223. The zero-order chi connectivity index (χ0) is 32.4. The van der Waals surface area contributed by atoms with Crippen LogP contribution in [-0.2, 0) is 38.2 Å². The minimum absolute atomic E-state index is 0.0282. The third-order valence-electron chi connectivity index (χ3n) is 3.18. The van der Waals surface area contributed by atoms with Gasteiger partial charge in [0.1, 0.15) is 16.8 Å². The number of thioether (sulfide) groups is 1. The van der Waals surface area contributed by atoms with Crippen molar-refractivity contribution in [1.29, 1.82) is 0 Å².